The summed E-state index contributed by atoms with van der Waals surface area (Å²) in [5.74, 6) is -0.116. The van der Waals surface area contributed by atoms with Gasteiger partial charge in [-0.15, -0.1) is 12.4 Å². The highest BCUT2D eigenvalue weighted by atomic mass is 35.5. The van der Waals surface area contributed by atoms with E-state index < -0.39 is 0 Å². The maximum Gasteiger partial charge on any atom is 0.256 e. The van der Waals surface area contributed by atoms with Crippen molar-refractivity contribution in [2.24, 2.45) is 0 Å². The van der Waals surface area contributed by atoms with Gasteiger partial charge < -0.3 is 10.2 Å². The lowest BCUT2D eigenvalue weighted by molar-refractivity contribution is 0.0744. The van der Waals surface area contributed by atoms with Crippen LogP contribution in [0.4, 0.5) is 0 Å². The van der Waals surface area contributed by atoms with Crippen LogP contribution in [0.1, 0.15) is 16.8 Å². The number of hydrogen-bond acceptors (Lipinski definition) is 2. The molecule has 1 saturated heterocycles. The van der Waals surface area contributed by atoms with Crippen LogP contribution in [0.2, 0.25) is 10.0 Å². The van der Waals surface area contributed by atoms with E-state index in [1.165, 1.54) is 0 Å². The SMILES string of the molecule is CN(C(=O)c1c(Cl)cccc1Cl)C1CCNC1.Cl. The summed E-state index contributed by atoms with van der Waals surface area (Å²) in [6, 6.07) is 5.32. The van der Waals surface area contributed by atoms with Crippen molar-refractivity contribution in [3.05, 3.63) is 33.8 Å². The topological polar surface area (TPSA) is 32.3 Å². The first-order chi connectivity index (χ1) is 8.11. The van der Waals surface area contributed by atoms with E-state index in [0.717, 1.165) is 19.5 Å². The Morgan fingerprint density at radius 3 is 2.50 bits per heavy atom. The first-order valence-electron chi connectivity index (χ1n) is 5.53. The highest BCUT2D eigenvalue weighted by Crippen LogP contribution is 2.26. The minimum atomic E-state index is -0.116. The van der Waals surface area contributed by atoms with Crippen LogP contribution in [0.5, 0.6) is 0 Å². The van der Waals surface area contributed by atoms with E-state index in [-0.39, 0.29) is 24.4 Å². The molecule has 0 radical (unpaired) electrons. The third-order valence-corrected chi connectivity index (χ3v) is 3.71. The van der Waals surface area contributed by atoms with E-state index in [2.05, 4.69) is 5.32 Å². The first-order valence-corrected chi connectivity index (χ1v) is 6.28. The average molecular weight is 310 g/mol. The van der Waals surface area contributed by atoms with Gasteiger partial charge in [0.05, 0.1) is 15.6 Å². The fourth-order valence-corrected chi connectivity index (χ4v) is 2.57. The lowest BCUT2D eigenvalue weighted by Gasteiger charge is -2.24. The number of carbonyl (C=O) groups is 1. The number of carbonyl (C=O) groups excluding carboxylic acids is 1. The molecular formula is C12H15Cl3N2O. The largest absolute Gasteiger partial charge is 0.337 e. The lowest BCUT2D eigenvalue weighted by atomic mass is 10.1. The summed E-state index contributed by atoms with van der Waals surface area (Å²) in [6.07, 6.45) is 0.963. The maximum absolute atomic E-state index is 12.3. The van der Waals surface area contributed by atoms with Gasteiger partial charge in [0.15, 0.2) is 0 Å². The zero-order chi connectivity index (χ0) is 12.4. The summed E-state index contributed by atoms with van der Waals surface area (Å²) in [5.41, 5.74) is 0.394. The van der Waals surface area contributed by atoms with Gasteiger partial charge in [-0.3, -0.25) is 4.79 Å². The van der Waals surface area contributed by atoms with Gasteiger partial charge in [-0.05, 0) is 25.1 Å². The van der Waals surface area contributed by atoms with Gasteiger partial charge in [-0.25, -0.2) is 0 Å². The molecule has 1 aliphatic rings. The summed E-state index contributed by atoms with van der Waals surface area (Å²) >= 11 is 12.1. The van der Waals surface area contributed by atoms with Crippen molar-refractivity contribution in [3.63, 3.8) is 0 Å². The highest BCUT2D eigenvalue weighted by Gasteiger charge is 2.26. The Labute approximate surface area is 123 Å². The van der Waals surface area contributed by atoms with Gasteiger partial charge in [0.1, 0.15) is 0 Å². The Bertz CT molecular complexity index is 413. The summed E-state index contributed by atoms with van der Waals surface area (Å²) in [6.45, 7) is 1.77. The van der Waals surface area contributed by atoms with Gasteiger partial charge in [-0.1, -0.05) is 29.3 Å². The smallest absolute Gasteiger partial charge is 0.256 e. The molecule has 1 aromatic rings. The molecule has 2 rings (SSSR count). The minimum absolute atomic E-state index is 0. The molecule has 0 bridgehead atoms. The summed E-state index contributed by atoms with van der Waals surface area (Å²) in [5, 5.41) is 4.04. The average Bonchev–Trinajstić information content (AvgIpc) is 2.81. The second-order valence-corrected chi connectivity index (χ2v) is 4.97. The fourth-order valence-electron chi connectivity index (χ4n) is 2.01. The predicted molar refractivity (Wildman–Crippen MR) is 77.1 cm³/mol. The highest BCUT2D eigenvalue weighted by molar-refractivity contribution is 6.39. The number of benzene rings is 1. The second kappa shape index (κ2) is 6.62. The molecule has 0 spiro atoms. The Hall–Kier alpha value is -0.480. The van der Waals surface area contributed by atoms with Crippen molar-refractivity contribution in [3.8, 4) is 0 Å². The molecule has 100 valence electrons. The van der Waals surface area contributed by atoms with Crippen molar-refractivity contribution >= 4 is 41.5 Å². The number of rotatable bonds is 2. The minimum Gasteiger partial charge on any atom is -0.337 e. The van der Waals surface area contributed by atoms with E-state index >= 15 is 0 Å². The number of nitrogens with zero attached hydrogens (tertiary/aromatic N) is 1. The molecule has 1 fully saturated rings. The van der Waals surface area contributed by atoms with Gasteiger partial charge in [-0.2, -0.15) is 0 Å². The van der Waals surface area contributed by atoms with Crippen LogP contribution in [0, 0.1) is 0 Å². The third-order valence-electron chi connectivity index (χ3n) is 3.08. The van der Waals surface area contributed by atoms with Crippen molar-refractivity contribution < 1.29 is 4.79 Å². The zero-order valence-corrected chi connectivity index (χ0v) is 12.3. The molecule has 1 heterocycles. The number of nitrogens with one attached hydrogen (secondary N) is 1. The van der Waals surface area contributed by atoms with Gasteiger partial charge >= 0.3 is 0 Å². The molecule has 3 nitrogen and oxygen atoms in total. The molecule has 1 atom stereocenters. The summed E-state index contributed by atoms with van der Waals surface area (Å²) in [4.78, 5) is 14.0. The molecule has 0 aromatic heterocycles. The van der Waals surface area contributed by atoms with Crippen molar-refractivity contribution in [2.75, 3.05) is 20.1 Å². The normalized spacial score (nSPS) is 18.3. The van der Waals surface area contributed by atoms with Crippen LogP contribution in [-0.4, -0.2) is 37.0 Å². The van der Waals surface area contributed by atoms with E-state index in [4.69, 9.17) is 23.2 Å². The Balaban J connectivity index is 0.00000162. The Kier molecular flexibility index (Phi) is 5.73. The van der Waals surface area contributed by atoms with E-state index in [9.17, 15) is 4.79 Å². The standard InChI is InChI=1S/C12H14Cl2N2O.ClH/c1-16(8-5-6-15-7-8)12(17)11-9(13)3-2-4-10(11)14;/h2-4,8,15H,5-7H2,1H3;1H. The quantitative estimate of drug-likeness (QED) is 0.911. The van der Waals surface area contributed by atoms with Gasteiger partial charge in [0.25, 0.3) is 5.91 Å². The molecule has 1 amide bonds. The second-order valence-electron chi connectivity index (χ2n) is 4.16. The lowest BCUT2D eigenvalue weighted by Crippen LogP contribution is -2.38. The van der Waals surface area contributed by atoms with Crippen LogP contribution in [0.25, 0.3) is 0 Å². The number of likely N-dealkylation sites (N-methyl/N-ethyl adjacent to an activating group) is 1. The number of amides is 1. The molecule has 18 heavy (non-hydrogen) atoms. The third kappa shape index (κ3) is 3.09. The fraction of sp³-hybridized carbons (Fsp3) is 0.417. The van der Waals surface area contributed by atoms with Gasteiger partial charge in [0, 0.05) is 19.6 Å². The van der Waals surface area contributed by atoms with E-state index in [0.29, 0.717) is 15.6 Å². The van der Waals surface area contributed by atoms with Gasteiger partial charge in [0.2, 0.25) is 0 Å². The number of hydrogen-bond donors (Lipinski definition) is 1. The van der Waals surface area contributed by atoms with Crippen molar-refractivity contribution in [1.29, 1.82) is 0 Å². The molecular weight excluding hydrogens is 295 g/mol. The molecule has 1 aromatic carbocycles. The molecule has 1 aliphatic heterocycles. The molecule has 0 saturated carbocycles. The van der Waals surface area contributed by atoms with Crippen LogP contribution in [0.3, 0.4) is 0 Å². The maximum atomic E-state index is 12.3. The summed E-state index contributed by atoms with van der Waals surface area (Å²) in [7, 11) is 1.79. The van der Waals surface area contributed by atoms with Crippen molar-refractivity contribution in [2.45, 2.75) is 12.5 Å². The van der Waals surface area contributed by atoms with Crippen LogP contribution in [0.15, 0.2) is 18.2 Å². The molecule has 1 N–H and O–H groups in total. The zero-order valence-electron chi connectivity index (χ0n) is 9.95. The van der Waals surface area contributed by atoms with Crippen LogP contribution in [-0.2, 0) is 0 Å². The molecule has 0 aliphatic carbocycles. The van der Waals surface area contributed by atoms with Crippen LogP contribution < -0.4 is 5.32 Å². The molecule has 1 unspecified atom stereocenters. The Morgan fingerprint density at radius 2 is 2.00 bits per heavy atom. The van der Waals surface area contributed by atoms with E-state index in [1.54, 1.807) is 30.1 Å². The molecule has 6 heteroatoms. The van der Waals surface area contributed by atoms with Crippen LogP contribution >= 0.6 is 35.6 Å². The van der Waals surface area contributed by atoms with E-state index in [1.807, 2.05) is 0 Å². The monoisotopic (exact) mass is 308 g/mol. The summed E-state index contributed by atoms with van der Waals surface area (Å²) < 4.78 is 0. The predicted octanol–water partition coefficient (Wildman–Crippen LogP) is 2.85. The van der Waals surface area contributed by atoms with Crippen molar-refractivity contribution in [1.82, 2.24) is 10.2 Å². The Morgan fingerprint density at radius 1 is 1.39 bits per heavy atom. The first kappa shape index (κ1) is 15.6. The number of halogens is 3.